The summed E-state index contributed by atoms with van der Waals surface area (Å²) in [6, 6.07) is 18.5. The zero-order valence-electron chi connectivity index (χ0n) is 14.4. The highest BCUT2D eigenvalue weighted by atomic mass is 32.2. The first-order chi connectivity index (χ1) is 12.7. The smallest absolute Gasteiger partial charge is 0.258 e. The largest absolute Gasteiger partial charge is 0.497 e. The fourth-order valence-corrected chi connectivity index (χ4v) is 3.22. The second kappa shape index (κ2) is 8.40. The van der Waals surface area contributed by atoms with E-state index in [2.05, 4.69) is 10.3 Å². The summed E-state index contributed by atoms with van der Waals surface area (Å²) >= 11 is 1.45. The van der Waals surface area contributed by atoms with Crippen molar-refractivity contribution in [2.75, 3.05) is 19.5 Å². The number of anilines is 1. The summed E-state index contributed by atoms with van der Waals surface area (Å²) in [6.07, 6.45) is 1.68. The van der Waals surface area contributed by atoms with Crippen LogP contribution in [0, 0.1) is 0 Å². The van der Waals surface area contributed by atoms with Crippen molar-refractivity contribution < 1.29 is 14.3 Å². The molecule has 0 unspecified atom stereocenters. The molecule has 5 nitrogen and oxygen atoms in total. The van der Waals surface area contributed by atoms with E-state index in [1.54, 1.807) is 50.7 Å². The second-order valence-corrected chi connectivity index (χ2v) is 6.39. The van der Waals surface area contributed by atoms with Crippen molar-refractivity contribution in [2.45, 2.75) is 9.92 Å². The molecule has 1 N–H and O–H groups in total. The van der Waals surface area contributed by atoms with Crippen LogP contribution in [0.5, 0.6) is 11.5 Å². The Labute approximate surface area is 156 Å². The van der Waals surface area contributed by atoms with Crippen LogP contribution in [-0.2, 0) is 0 Å². The van der Waals surface area contributed by atoms with Gasteiger partial charge in [-0.25, -0.2) is 4.98 Å². The van der Waals surface area contributed by atoms with Gasteiger partial charge in [0.25, 0.3) is 5.91 Å². The van der Waals surface area contributed by atoms with Gasteiger partial charge in [-0.2, -0.15) is 0 Å². The van der Waals surface area contributed by atoms with E-state index in [0.29, 0.717) is 27.8 Å². The lowest BCUT2D eigenvalue weighted by Gasteiger charge is -2.11. The predicted octanol–water partition coefficient (Wildman–Crippen LogP) is 4.50. The van der Waals surface area contributed by atoms with Crippen LogP contribution in [0.3, 0.4) is 0 Å². The summed E-state index contributed by atoms with van der Waals surface area (Å²) < 4.78 is 10.5. The van der Waals surface area contributed by atoms with Crippen LogP contribution >= 0.6 is 11.8 Å². The van der Waals surface area contributed by atoms with E-state index < -0.39 is 0 Å². The third-order valence-corrected chi connectivity index (χ3v) is 4.61. The van der Waals surface area contributed by atoms with Crippen molar-refractivity contribution in [2.24, 2.45) is 0 Å². The van der Waals surface area contributed by atoms with Gasteiger partial charge in [0.15, 0.2) is 0 Å². The number of carbonyl (C=O) groups excluding carboxylic acids is 1. The number of benzene rings is 2. The molecule has 0 atom stereocenters. The summed E-state index contributed by atoms with van der Waals surface area (Å²) in [4.78, 5) is 18.2. The number of carbonyl (C=O) groups is 1. The molecule has 3 aromatic rings. The maximum atomic E-state index is 12.8. The van der Waals surface area contributed by atoms with Crippen LogP contribution in [0.4, 0.5) is 5.69 Å². The Morgan fingerprint density at radius 3 is 2.31 bits per heavy atom. The predicted molar refractivity (Wildman–Crippen MR) is 102 cm³/mol. The first kappa shape index (κ1) is 17.8. The molecule has 0 aliphatic rings. The number of nitrogens with zero attached hydrogens (tertiary/aromatic N) is 1. The molecule has 1 aromatic heterocycles. The summed E-state index contributed by atoms with van der Waals surface area (Å²) in [7, 11) is 3.13. The van der Waals surface area contributed by atoms with Gasteiger partial charge in [-0.3, -0.25) is 4.79 Å². The van der Waals surface area contributed by atoms with E-state index in [4.69, 9.17) is 9.47 Å². The van der Waals surface area contributed by atoms with Crippen molar-refractivity contribution in [3.63, 3.8) is 0 Å². The molecule has 0 saturated carbocycles. The number of nitrogens with one attached hydrogen (secondary N) is 1. The highest BCUT2D eigenvalue weighted by molar-refractivity contribution is 7.99. The molecule has 6 heteroatoms. The van der Waals surface area contributed by atoms with Crippen LogP contribution in [-0.4, -0.2) is 25.1 Å². The van der Waals surface area contributed by atoms with E-state index in [-0.39, 0.29) is 5.91 Å². The maximum absolute atomic E-state index is 12.8. The Morgan fingerprint density at radius 1 is 0.962 bits per heavy atom. The maximum Gasteiger partial charge on any atom is 0.258 e. The van der Waals surface area contributed by atoms with E-state index in [1.165, 1.54) is 11.8 Å². The third-order valence-electron chi connectivity index (χ3n) is 3.58. The van der Waals surface area contributed by atoms with Gasteiger partial charge in [-0.05, 0) is 24.3 Å². The SMILES string of the molecule is COc1cc(NC(=O)c2cccnc2Sc2ccccc2)cc(OC)c1. The fraction of sp³-hybridized carbons (Fsp3) is 0.100. The minimum atomic E-state index is -0.244. The Hall–Kier alpha value is -2.99. The molecule has 1 amide bonds. The Morgan fingerprint density at radius 2 is 1.65 bits per heavy atom. The molecule has 132 valence electrons. The zero-order chi connectivity index (χ0) is 18.4. The molecule has 1 heterocycles. The summed E-state index contributed by atoms with van der Waals surface area (Å²) in [5.41, 5.74) is 1.09. The van der Waals surface area contributed by atoms with Crippen LogP contribution in [0.1, 0.15) is 10.4 Å². The minimum Gasteiger partial charge on any atom is -0.497 e. The standard InChI is InChI=1S/C20H18N2O3S/c1-24-15-11-14(12-16(13-15)25-2)22-19(23)18-9-6-10-21-20(18)26-17-7-4-3-5-8-17/h3-13H,1-2H3,(H,22,23). The Kier molecular flexibility index (Phi) is 5.76. The molecule has 0 aliphatic carbocycles. The molecule has 0 spiro atoms. The number of amides is 1. The number of hydrogen-bond donors (Lipinski definition) is 1. The van der Waals surface area contributed by atoms with E-state index in [1.807, 2.05) is 30.3 Å². The first-order valence-corrected chi connectivity index (χ1v) is 8.73. The molecule has 0 aliphatic heterocycles. The molecule has 26 heavy (non-hydrogen) atoms. The van der Waals surface area contributed by atoms with Crippen molar-refractivity contribution in [1.29, 1.82) is 0 Å². The Bertz CT molecular complexity index is 878. The molecular formula is C20H18N2O3S. The number of pyridine rings is 1. The molecule has 0 fully saturated rings. The topological polar surface area (TPSA) is 60.5 Å². The number of aromatic nitrogens is 1. The van der Waals surface area contributed by atoms with Gasteiger partial charge in [0.2, 0.25) is 0 Å². The average Bonchev–Trinajstić information content (AvgIpc) is 2.68. The lowest BCUT2D eigenvalue weighted by Crippen LogP contribution is -2.13. The molecule has 2 aromatic carbocycles. The molecule has 0 saturated heterocycles. The highest BCUT2D eigenvalue weighted by Crippen LogP contribution is 2.30. The van der Waals surface area contributed by atoms with E-state index in [0.717, 1.165) is 4.90 Å². The first-order valence-electron chi connectivity index (χ1n) is 7.92. The number of methoxy groups -OCH3 is 2. The average molecular weight is 366 g/mol. The normalized spacial score (nSPS) is 10.2. The van der Waals surface area contributed by atoms with Gasteiger partial charge in [0, 0.05) is 35.0 Å². The molecule has 0 bridgehead atoms. The monoisotopic (exact) mass is 366 g/mol. The summed E-state index contributed by atoms with van der Waals surface area (Å²) in [5, 5.41) is 3.53. The lowest BCUT2D eigenvalue weighted by molar-refractivity contribution is 0.102. The van der Waals surface area contributed by atoms with Gasteiger partial charge >= 0.3 is 0 Å². The van der Waals surface area contributed by atoms with Crippen LogP contribution in [0.25, 0.3) is 0 Å². The van der Waals surface area contributed by atoms with Gasteiger partial charge in [-0.15, -0.1) is 0 Å². The molecular weight excluding hydrogens is 348 g/mol. The van der Waals surface area contributed by atoms with Crippen LogP contribution < -0.4 is 14.8 Å². The second-order valence-electron chi connectivity index (χ2n) is 5.33. The van der Waals surface area contributed by atoms with E-state index >= 15 is 0 Å². The number of rotatable bonds is 6. The van der Waals surface area contributed by atoms with Crippen molar-refractivity contribution in [3.8, 4) is 11.5 Å². The van der Waals surface area contributed by atoms with E-state index in [9.17, 15) is 4.79 Å². The summed E-state index contributed by atoms with van der Waals surface area (Å²) in [6.45, 7) is 0. The lowest BCUT2D eigenvalue weighted by atomic mass is 10.2. The quantitative estimate of drug-likeness (QED) is 0.696. The number of ether oxygens (including phenoxy) is 2. The van der Waals surface area contributed by atoms with Crippen molar-refractivity contribution in [1.82, 2.24) is 4.98 Å². The van der Waals surface area contributed by atoms with Crippen molar-refractivity contribution in [3.05, 3.63) is 72.4 Å². The van der Waals surface area contributed by atoms with Crippen LogP contribution in [0.15, 0.2) is 76.8 Å². The molecule has 3 rings (SSSR count). The van der Waals surface area contributed by atoms with Crippen LogP contribution in [0.2, 0.25) is 0 Å². The third kappa shape index (κ3) is 4.34. The highest BCUT2D eigenvalue weighted by Gasteiger charge is 2.14. The Balaban J connectivity index is 1.85. The fourth-order valence-electron chi connectivity index (χ4n) is 2.32. The zero-order valence-corrected chi connectivity index (χ0v) is 15.2. The van der Waals surface area contributed by atoms with Gasteiger partial charge in [0.05, 0.1) is 19.8 Å². The summed E-state index contributed by atoms with van der Waals surface area (Å²) in [5.74, 6) is 0.960. The van der Waals surface area contributed by atoms with Gasteiger partial charge in [0.1, 0.15) is 16.5 Å². The minimum absolute atomic E-state index is 0.244. The molecule has 0 radical (unpaired) electrons. The number of hydrogen-bond acceptors (Lipinski definition) is 5. The van der Waals surface area contributed by atoms with Gasteiger partial charge < -0.3 is 14.8 Å². The van der Waals surface area contributed by atoms with Crippen molar-refractivity contribution >= 4 is 23.4 Å². The van der Waals surface area contributed by atoms with Gasteiger partial charge in [-0.1, -0.05) is 30.0 Å².